The number of nitrogens with zero attached hydrogens (tertiary/aromatic N) is 2. The maximum Gasteiger partial charge on any atom is 0.341 e. The molecule has 1 aromatic carbocycles. The van der Waals surface area contributed by atoms with Crippen molar-refractivity contribution in [1.82, 2.24) is 9.47 Å². The molecule has 0 radical (unpaired) electrons. The number of hydrogen-bond acceptors (Lipinski definition) is 3. The largest absolute Gasteiger partial charge is 0.477 e. The average Bonchev–Trinajstić information content (AvgIpc) is 2.38. The van der Waals surface area contributed by atoms with Crippen molar-refractivity contribution in [3.63, 3.8) is 0 Å². The van der Waals surface area contributed by atoms with Crippen LogP contribution in [0.5, 0.6) is 0 Å². The number of rotatable bonds is 4. The number of carbonyl (C=O) groups is 1. The molecule has 5 heteroatoms. The summed E-state index contributed by atoms with van der Waals surface area (Å²) in [4.78, 5) is 25.4. The van der Waals surface area contributed by atoms with Gasteiger partial charge in [0.2, 0.25) is 5.43 Å². The van der Waals surface area contributed by atoms with Crippen LogP contribution >= 0.6 is 0 Å². The Morgan fingerprint density at radius 2 is 2.05 bits per heavy atom. The van der Waals surface area contributed by atoms with E-state index in [2.05, 4.69) is 0 Å². The lowest BCUT2D eigenvalue weighted by Crippen LogP contribution is -2.23. The molecule has 0 aliphatic heterocycles. The van der Waals surface area contributed by atoms with Crippen LogP contribution in [0.25, 0.3) is 10.9 Å². The fourth-order valence-corrected chi connectivity index (χ4v) is 2.28. The van der Waals surface area contributed by atoms with Crippen LogP contribution in [0.15, 0.2) is 29.2 Å². The zero-order valence-electron chi connectivity index (χ0n) is 11.9. The minimum atomic E-state index is -1.18. The predicted molar refractivity (Wildman–Crippen MR) is 78.5 cm³/mol. The normalized spacial score (nSPS) is 11.2. The molecule has 0 amide bonds. The number of para-hydroxylation sites is 1. The Hall–Kier alpha value is -2.14. The maximum absolute atomic E-state index is 12.2. The van der Waals surface area contributed by atoms with Crippen LogP contribution in [0.4, 0.5) is 0 Å². The molecular weight excluding hydrogens is 256 g/mol. The van der Waals surface area contributed by atoms with Crippen molar-refractivity contribution in [2.75, 3.05) is 20.6 Å². The minimum Gasteiger partial charge on any atom is -0.477 e. The molecule has 0 fully saturated rings. The molecule has 2 aromatic rings. The second-order valence-electron chi connectivity index (χ2n) is 5.14. The first-order chi connectivity index (χ1) is 9.41. The van der Waals surface area contributed by atoms with Gasteiger partial charge in [-0.15, -0.1) is 0 Å². The lowest BCUT2D eigenvalue weighted by Gasteiger charge is -2.16. The molecule has 106 valence electrons. The monoisotopic (exact) mass is 274 g/mol. The van der Waals surface area contributed by atoms with Crippen LogP contribution in [0, 0.1) is 6.92 Å². The maximum atomic E-state index is 12.2. The second-order valence-corrected chi connectivity index (χ2v) is 5.14. The zero-order chi connectivity index (χ0) is 14.9. The van der Waals surface area contributed by atoms with Gasteiger partial charge in [-0.25, -0.2) is 4.79 Å². The molecule has 0 spiro atoms. The van der Waals surface area contributed by atoms with Crippen LogP contribution in [0.1, 0.15) is 15.9 Å². The van der Waals surface area contributed by atoms with Crippen molar-refractivity contribution >= 4 is 16.9 Å². The first kappa shape index (κ1) is 14.3. The first-order valence-corrected chi connectivity index (χ1v) is 6.42. The average molecular weight is 274 g/mol. The number of pyridine rings is 1. The van der Waals surface area contributed by atoms with Gasteiger partial charge in [0, 0.05) is 24.7 Å². The molecule has 0 aliphatic carbocycles. The molecule has 2 rings (SSSR count). The van der Waals surface area contributed by atoms with Gasteiger partial charge in [-0.05, 0) is 32.6 Å². The van der Waals surface area contributed by atoms with E-state index >= 15 is 0 Å². The summed E-state index contributed by atoms with van der Waals surface area (Å²) in [7, 11) is 3.91. The van der Waals surface area contributed by atoms with Gasteiger partial charge < -0.3 is 14.6 Å². The Bertz CT molecular complexity index is 717. The van der Waals surface area contributed by atoms with Crippen LogP contribution in [-0.2, 0) is 6.54 Å². The van der Waals surface area contributed by atoms with Gasteiger partial charge in [0.1, 0.15) is 5.56 Å². The fraction of sp³-hybridized carbons (Fsp3) is 0.333. The number of aryl methyl sites for hydroxylation is 1. The molecule has 0 atom stereocenters. The molecule has 20 heavy (non-hydrogen) atoms. The van der Waals surface area contributed by atoms with Crippen LogP contribution < -0.4 is 5.43 Å². The standard InChI is InChI=1S/C15H18N2O3/c1-10-5-4-6-11-13(10)17(8-7-16(2)3)9-12(14(11)18)15(19)20/h4-6,9H,7-8H2,1-3H3,(H,19,20). The topological polar surface area (TPSA) is 62.5 Å². The highest BCUT2D eigenvalue weighted by Crippen LogP contribution is 2.16. The fourth-order valence-electron chi connectivity index (χ4n) is 2.28. The SMILES string of the molecule is Cc1cccc2c(=O)c(C(=O)O)cn(CCN(C)C)c12. The van der Waals surface area contributed by atoms with Gasteiger partial charge in [0.25, 0.3) is 0 Å². The smallest absolute Gasteiger partial charge is 0.341 e. The van der Waals surface area contributed by atoms with E-state index in [4.69, 9.17) is 0 Å². The van der Waals surface area contributed by atoms with E-state index in [1.807, 2.05) is 36.6 Å². The number of fused-ring (bicyclic) bond motifs is 1. The molecule has 0 saturated carbocycles. The number of carboxylic acids is 1. The van der Waals surface area contributed by atoms with Gasteiger partial charge in [-0.2, -0.15) is 0 Å². The number of carboxylic acid groups (broad SMARTS) is 1. The third kappa shape index (κ3) is 2.58. The Kier molecular flexibility index (Phi) is 3.90. The number of hydrogen-bond donors (Lipinski definition) is 1. The highest BCUT2D eigenvalue weighted by molar-refractivity contribution is 5.93. The van der Waals surface area contributed by atoms with Gasteiger partial charge in [-0.3, -0.25) is 4.79 Å². The van der Waals surface area contributed by atoms with Gasteiger partial charge in [-0.1, -0.05) is 12.1 Å². The van der Waals surface area contributed by atoms with Crippen molar-refractivity contribution in [2.24, 2.45) is 0 Å². The van der Waals surface area contributed by atoms with Crippen LogP contribution in [0.2, 0.25) is 0 Å². The van der Waals surface area contributed by atoms with Crippen molar-refractivity contribution in [2.45, 2.75) is 13.5 Å². The quantitative estimate of drug-likeness (QED) is 0.919. The predicted octanol–water partition coefficient (Wildman–Crippen LogP) is 1.57. The molecule has 5 nitrogen and oxygen atoms in total. The summed E-state index contributed by atoms with van der Waals surface area (Å²) in [6.07, 6.45) is 1.45. The summed E-state index contributed by atoms with van der Waals surface area (Å²) < 4.78 is 1.86. The number of benzene rings is 1. The van der Waals surface area contributed by atoms with E-state index in [1.165, 1.54) is 6.20 Å². The summed E-state index contributed by atoms with van der Waals surface area (Å²) in [5.74, 6) is -1.18. The van der Waals surface area contributed by atoms with Gasteiger partial charge >= 0.3 is 5.97 Å². The van der Waals surface area contributed by atoms with E-state index in [0.717, 1.165) is 17.6 Å². The molecule has 0 saturated heterocycles. The van der Waals surface area contributed by atoms with E-state index in [9.17, 15) is 14.7 Å². The van der Waals surface area contributed by atoms with E-state index in [1.54, 1.807) is 12.1 Å². The lowest BCUT2D eigenvalue weighted by molar-refractivity contribution is 0.0695. The van der Waals surface area contributed by atoms with E-state index in [0.29, 0.717) is 11.9 Å². The number of aromatic nitrogens is 1. The van der Waals surface area contributed by atoms with E-state index < -0.39 is 11.4 Å². The molecule has 1 aromatic heterocycles. The van der Waals surface area contributed by atoms with Crippen molar-refractivity contribution in [3.8, 4) is 0 Å². The molecule has 1 heterocycles. The Morgan fingerprint density at radius 1 is 1.35 bits per heavy atom. The highest BCUT2D eigenvalue weighted by Gasteiger charge is 2.15. The van der Waals surface area contributed by atoms with Crippen LogP contribution in [0.3, 0.4) is 0 Å². The number of aromatic carboxylic acids is 1. The molecule has 0 unspecified atom stereocenters. The molecule has 1 N–H and O–H groups in total. The highest BCUT2D eigenvalue weighted by atomic mass is 16.4. The second kappa shape index (κ2) is 5.46. The lowest BCUT2D eigenvalue weighted by atomic mass is 10.1. The van der Waals surface area contributed by atoms with Gasteiger partial charge in [0.05, 0.1) is 5.52 Å². The third-order valence-corrected chi connectivity index (χ3v) is 3.32. The summed E-state index contributed by atoms with van der Waals surface area (Å²) >= 11 is 0. The first-order valence-electron chi connectivity index (χ1n) is 6.42. The number of likely N-dealkylation sites (N-methyl/N-ethyl adjacent to an activating group) is 1. The van der Waals surface area contributed by atoms with Crippen LogP contribution in [-0.4, -0.2) is 41.2 Å². The summed E-state index contributed by atoms with van der Waals surface area (Å²) in [6.45, 7) is 3.33. The van der Waals surface area contributed by atoms with Crippen molar-refractivity contribution in [1.29, 1.82) is 0 Å². The Balaban J connectivity index is 2.73. The van der Waals surface area contributed by atoms with Crippen molar-refractivity contribution in [3.05, 3.63) is 45.7 Å². The summed E-state index contributed by atoms with van der Waals surface area (Å²) in [5, 5.41) is 9.63. The summed E-state index contributed by atoms with van der Waals surface area (Å²) in [5.41, 5.74) is 1.18. The Labute approximate surface area is 117 Å². The summed E-state index contributed by atoms with van der Waals surface area (Å²) in [6, 6.07) is 5.39. The zero-order valence-corrected chi connectivity index (χ0v) is 11.9. The Morgan fingerprint density at radius 3 is 2.65 bits per heavy atom. The van der Waals surface area contributed by atoms with E-state index in [-0.39, 0.29) is 5.56 Å². The molecular formula is C15H18N2O3. The molecule has 0 aliphatic rings. The van der Waals surface area contributed by atoms with Crippen molar-refractivity contribution < 1.29 is 9.90 Å². The minimum absolute atomic E-state index is 0.179. The van der Waals surface area contributed by atoms with Gasteiger partial charge in [0.15, 0.2) is 0 Å². The third-order valence-electron chi connectivity index (χ3n) is 3.32. The molecule has 0 bridgehead atoms.